The van der Waals surface area contributed by atoms with Crippen LogP contribution in [0.3, 0.4) is 0 Å². The molecular weight excluding hydrogens is 288 g/mol. The predicted octanol–water partition coefficient (Wildman–Crippen LogP) is 3.56. The molecule has 1 unspecified atom stereocenters. The number of nitrogens with zero attached hydrogens (tertiary/aromatic N) is 2. The fourth-order valence-corrected chi connectivity index (χ4v) is 3.20. The molecule has 21 heavy (non-hydrogen) atoms. The van der Waals surface area contributed by atoms with Crippen LogP contribution in [-0.2, 0) is 16.0 Å². The van der Waals surface area contributed by atoms with Crippen LogP contribution < -0.4 is 0 Å². The van der Waals surface area contributed by atoms with Crippen molar-refractivity contribution in [1.29, 1.82) is 0 Å². The third-order valence-electron chi connectivity index (χ3n) is 3.91. The van der Waals surface area contributed by atoms with E-state index in [2.05, 4.69) is 11.1 Å². The summed E-state index contributed by atoms with van der Waals surface area (Å²) in [5.74, 6) is 0.507. The third-order valence-corrected chi connectivity index (χ3v) is 4.22. The number of methoxy groups -OCH3 is 1. The standard InChI is InChI=1S/C16H17ClN2O2/c1-10-5-3-6-11(9-10)15-18-14(17)12-7-4-8-13(19(12)15)16(20)21-2/h3,5-6,9,13H,4,7-8H2,1-2H3. The summed E-state index contributed by atoms with van der Waals surface area (Å²) < 4.78 is 6.89. The van der Waals surface area contributed by atoms with E-state index in [1.54, 1.807) is 0 Å². The van der Waals surface area contributed by atoms with Crippen LogP contribution in [0.25, 0.3) is 11.4 Å². The number of esters is 1. The van der Waals surface area contributed by atoms with Crippen molar-refractivity contribution in [3.8, 4) is 11.4 Å². The number of hydrogen-bond acceptors (Lipinski definition) is 3. The Hall–Kier alpha value is -1.81. The number of halogens is 1. The molecule has 3 rings (SSSR count). The Morgan fingerprint density at radius 3 is 3.00 bits per heavy atom. The molecule has 110 valence electrons. The Morgan fingerprint density at radius 1 is 1.48 bits per heavy atom. The van der Waals surface area contributed by atoms with Crippen molar-refractivity contribution in [3.63, 3.8) is 0 Å². The van der Waals surface area contributed by atoms with Crippen molar-refractivity contribution in [2.75, 3.05) is 7.11 Å². The van der Waals surface area contributed by atoms with Crippen molar-refractivity contribution in [2.24, 2.45) is 0 Å². The highest BCUT2D eigenvalue weighted by Gasteiger charge is 2.32. The lowest BCUT2D eigenvalue weighted by molar-refractivity contribution is -0.145. The lowest BCUT2D eigenvalue weighted by Crippen LogP contribution is -2.26. The van der Waals surface area contributed by atoms with Gasteiger partial charge in [-0.15, -0.1) is 0 Å². The molecule has 0 saturated heterocycles. The fraction of sp³-hybridized carbons (Fsp3) is 0.375. The van der Waals surface area contributed by atoms with Gasteiger partial charge in [-0.2, -0.15) is 0 Å². The van der Waals surface area contributed by atoms with Gasteiger partial charge >= 0.3 is 5.97 Å². The van der Waals surface area contributed by atoms with Gasteiger partial charge in [0.1, 0.15) is 11.9 Å². The van der Waals surface area contributed by atoms with Crippen LogP contribution in [0, 0.1) is 6.92 Å². The summed E-state index contributed by atoms with van der Waals surface area (Å²) in [6.07, 6.45) is 2.51. The van der Waals surface area contributed by atoms with Crippen molar-refractivity contribution in [3.05, 3.63) is 40.7 Å². The van der Waals surface area contributed by atoms with Gasteiger partial charge in [-0.05, 0) is 32.3 Å². The Balaban J connectivity index is 2.17. The van der Waals surface area contributed by atoms with Gasteiger partial charge in [0.15, 0.2) is 5.15 Å². The van der Waals surface area contributed by atoms with Gasteiger partial charge < -0.3 is 9.30 Å². The zero-order chi connectivity index (χ0) is 15.0. The second kappa shape index (κ2) is 5.53. The topological polar surface area (TPSA) is 44.1 Å². The normalized spacial score (nSPS) is 17.4. The van der Waals surface area contributed by atoms with Gasteiger partial charge in [-0.3, -0.25) is 0 Å². The number of fused-ring (bicyclic) bond motifs is 1. The van der Waals surface area contributed by atoms with E-state index in [-0.39, 0.29) is 12.0 Å². The molecule has 2 heterocycles. The van der Waals surface area contributed by atoms with E-state index in [9.17, 15) is 4.79 Å². The fourth-order valence-electron chi connectivity index (χ4n) is 2.94. The van der Waals surface area contributed by atoms with E-state index in [1.807, 2.05) is 29.7 Å². The molecule has 0 amide bonds. The van der Waals surface area contributed by atoms with Crippen LogP contribution in [0.2, 0.25) is 5.15 Å². The van der Waals surface area contributed by atoms with Gasteiger partial charge in [-0.25, -0.2) is 9.78 Å². The Kier molecular flexibility index (Phi) is 3.72. The average molecular weight is 305 g/mol. The van der Waals surface area contributed by atoms with Crippen molar-refractivity contribution >= 4 is 17.6 Å². The summed E-state index contributed by atoms with van der Waals surface area (Å²) in [5.41, 5.74) is 3.04. The summed E-state index contributed by atoms with van der Waals surface area (Å²) in [6, 6.07) is 7.71. The first-order valence-electron chi connectivity index (χ1n) is 7.03. The molecule has 0 fully saturated rings. The number of hydrogen-bond donors (Lipinski definition) is 0. The number of ether oxygens (including phenoxy) is 1. The largest absolute Gasteiger partial charge is 0.467 e. The average Bonchev–Trinajstić information content (AvgIpc) is 2.84. The number of rotatable bonds is 2. The summed E-state index contributed by atoms with van der Waals surface area (Å²) >= 11 is 6.28. The molecule has 0 spiro atoms. The first-order valence-corrected chi connectivity index (χ1v) is 7.41. The summed E-state index contributed by atoms with van der Waals surface area (Å²) in [4.78, 5) is 16.6. The van der Waals surface area contributed by atoms with E-state index in [1.165, 1.54) is 7.11 Å². The first-order chi connectivity index (χ1) is 10.1. The van der Waals surface area contributed by atoms with E-state index < -0.39 is 0 Å². The van der Waals surface area contributed by atoms with Crippen LogP contribution in [0.1, 0.15) is 30.1 Å². The highest BCUT2D eigenvalue weighted by Crippen LogP contribution is 2.36. The van der Waals surface area contributed by atoms with Crippen LogP contribution in [-0.4, -0.2) is 22.6 Å². The molecule has 1 aliphatic rings. The Bertz CT molecular complexity index is 694. The Labute approximate surface area is 128 Å². The molecule has 0 aliphatic carbocycles. The molecule has 1 atom stereocenters. The van der Waals surface area contributed by atoms with Gasteiger partial charge in [0.2, 0.25) is 0 Å². The molecule has 1 aromatic heterocycles. The highest BCUT2D eigenvalue weighted by atomic mass is 35.5. The number of aryl methyl sites for hydroxylation is 1. The van der Waals surface area contributed by atoms with E-state index in [4.69, 9.17) is 16.3 Å². The highest BCUT2D eigenvalue weighted by molar-refractivity contribution is 6.30. The number of imidazole rings is 1. The smallest absolute Gasteiger partial charge is 0.328 e. The van der Waals surface area contributed by atoms with Crippen molar-refractivity contribution < 1.29 is 9.53 Å². The molecular formula is C16H17ClN2O2. The second-order valence-corrected chi connectivity index (χ2v) is 5.70. The lowest BCUT2D eigenvalue weighted by Gasteiger charge is -2.25. The maximum atomic E-state index is 12.1. The SMILES string of the molecule is COC(=O)C1CCCc2c(Cl)nc(-c3cccc(C)c3)n21. The first kappa shape index (κ1) is 14.1. The van der Waals surface area contributed by atoms with Crippen LogP contribution >= 0.6 is 11.6 Å². The summed E-state index contributed by atoms with van der Waals surface area (Å²) in [5, 5.41) is 0.486. The number of carbonyl (C=O) groups is 1. The second-order valence-electron chi connectivity index (χ2n) is 5.34. The minimum atomic E-state index is -0.339. The van der Waals surface area contributed by atoms with Gasteiger partial charge in [0.25, 0.3) is 0 Å². The summed E-state index contributed by atoms with van der Waals surface area (Å²) in [7, 11) is 1.42. The maximum absolute atomic E-state index is 12.1. The van der Waals surface area contributed by atoms with Crippen molar-refractivity contribution in [1.82, 2.24) is 9.55 Å². The Morgan fingerprint density at radius 2 is 2.29 bits per heavy atom. The van der Waals surface area contributed by atoms with Crippen LogP contribution in [0.15, 0.2) is 24.3 Å². The zero-order valence-electron chi connectivity index (χ0n) is 12.1. The predicted molar refractivity (Wildman–Crippen MR) is 81.4 cm³/mol. The van der Waals surface area contributed by atoms with E-state index >= 15 is 0 Å². The van der Waals surface area contributed by atoms with E-state index in [0.29, 0.717) is 5.15 Å². The van der Waals surface area contributed by atoms with Gasteiger partial charge in [-0.1, -0.05) is 35.4 Å². The monoisotopic (exact) mass is 304 g/mol. The molecule has 2 aromatic rings. The van der Waals surface area contributed by atoms with Crippen LogP contribution in [0.4, 0.5) is 0 Å². The van der Waals surface area contributed by atoms with Gasteiger partial charge in [0.05, 0.1) is 12.8 Å². The van der Waals surface area contributed by atoms with Gasteiger partial charge in [0, 0.05) is 5.56 Å². The number of carbonyl (C=O) groups excluding carboxylic acids is 1. The van der Waals surface area contributed by atoms with E-state index in [0.717, 1.165) is 41.9 Å². The minimum absolute atomic E-state index is 0.237. The quantitative estimate of drug-likeness (QED) is 0.797. The molecule has 0 bridgehead atoms. The molecule has 4 nitrogen and oxygen atoms in total. The maximum Gasteiger partial charge on any atom is 0.328 e. The zero-order valence-corrected chi connectivity index (χ0v) is 12.9. The van der Waals surface area contributed by atoms with Crippen molar-refractivity contribution in [2.45, 2.75) is 32.2 Å². The molecule has 0 radical (unpaired) electrons. The number of benzene rings is 1. The molecule has 1 aromatic carbocycles. The summed E-state index contributed by atoms with van der Waals surface area (Å²) in [6.45, 7) is 2.03. The number of aromatic nitrogens is 2. The lowest BCUT2D eigenvalue weighted by atomic mass is 10.0. The molecule has 0 saturated carbocycles. The molecule has 5 heteroatoms. The van der Waals surface area contributed by atoms with Crippen LogP contribution in [0.5, 0.6) is 0 Å². The minimum Gasteiger partial charge on any atom is -0.467 e. The molecule has 1 aliphatic heterocycles. The molecule has 0 N–H and O–H groups in total. The third kappa shape index (κ3) is 2.44.